The quantitative estimate of drug-likeness (QED) is 0.631. The molecule has 0 unspecified atom stereocenters. The fourth-order valence-corrected chi connectivity index (χ4v) is 3.00. The topological polar surface area (TPSA) is 98.8 Å². The number of aromatic nitrogens is 4. The third kappa shape index (κ3) is 4.24. The summed E-state index contributed by atoms with van der Waals surface area (Å²) in [5, 5.41) is 13.0. The first-order valence-electron chi connectivity index (χ1n) is 9.14. The Morgan fingerprint density at radius 3 is 2.79 bits per heavy atom. The number of aromatic amines is 1. The lowest BCUT2D eigenvalue weighted by Gasteiger charge is -2.28. The Morgan fingerprint density at radius 1 is 1.14 bits per heavy atom. The average molecular weight is 375 g/mol. The van der Waals surface area contributed by atoms with Gasteiger partial charge in [-0.25, -0.2) is 4.98 Å². The molecule has 1 fully saturated rings. The van der Waals surface area contributed by atoms with E-state index in [1.54, 1.807) is 24.8 Å². The van der Waals surface area contributed by atoms with Crippen LogP contribution in [0.5, 0.6) is 0 Å². The number of piperazine rings is 1. The maximum atomic E-state index is 12.6. The standard InChI is InChI=1S/C20H21N7O/c28-20(19-16(13-24-26-19)4-3-15-2-1-7-22-12-15)25-17-5-6-18(23-14-17)27-10-8-21-9-11-27/h1-7,12-14,21H,8-11H2,(H,24,26)(H,25,28). The van der Waals surface area contributed by atoms with Crippen LogP contribution in [0.4, 0.5) is 11.5 Å². The highest BCUT2D eigenvalue weighted by atomic mass is 16.1. The summed E-state index contributed by atoms with van der Waals surface area (Å²) in [7, 11) is 0. The van der Waals surface area contributed by atoms with Gasteiger partial charge in [-0.15, -0.1) is 0 Å². The maximum absolute atomic E-state index is 12.6. The summed E-state index contributed by atoms with van der Waals surface area (Å²) < 4.78 is 0. The van der Waals surface area contributed by atoms with Gasteiger partial charge in [0.2, 0.25) is 0 Å². The smallest absolute Gasteiger partial charge is 0.276 e. The Bertz CT molecular complexity index is 944. The third-order valence-electron chi connectivity index (χ3n) is 4.47. The van der Waals surface area contributed by atoms with Crippen LogP contribution in [0.1, 0.15) is 21.6 Å². The largest absolute Gasteiger partial charge is 0.354 e. The number of hydrogen-bond donors (Lipinski definition) is 3. The molecule has 0 atom stereocenters. The van der Waals surface area contributed by atoms with Gasteiger partial charge in [-0.05, 0) is 23.8 Å². The van der Waals surface area contributed by atoms with Gasteiger partial charge in [-0.3, -0.25) is 14.9 Å². The van der Waals surface area contributed by atoms with Gasteiger partial charge in [-0.2, -0.15) is 5.10 Å². The van der Waals surface area contributed by atoms with Gasteiger partial charge in [0.05, 0.1) is 11.9 Å². The summed E-state index contributed by atoms with van der Waals surface area (Å²) in [6.45, 7) is 3.76. The van der Waals surface area contributed by atoms with Crippen molar-refractivity contribution in [3.63, 3.8) is 0 Å². The molecule has 4 heterocycles. The fourth-order valence-electron chi connectivity index (χ4n) is 3.00. The van der Waals surface area contributed by atoms with Crippen molar-refractivity contribution in [1.82, 2.24) is 25.5 Å². The summed E-state index contributed by atoms with van der Waals surface area (Å²) in [4.78, 5) is 23.4. The molecule has 0 saturated carbocycles. The predicted molar refractivity (Wildman–Crippen MR) is 109 cm³/mol. The molecule has 3 N–H and O–H groups in total. The molecule has 4 rings (SSSR count). The number of nitrogens with one attached hydrogen (secondary N) is 3. The second kappa shape index (κ2) is 8.45. The van der Waals surface area contributed by atoms with Crippen LogP contribution >= 0.6 is 0 Å². The van der Waals surface area contributed by atoms with E-state index in [1.807, 2.05) is 36.4 Å². The normalized spacial score (nSPS) is 14.4. The molecule has 0 spiro atoms. The molecule has 1 saturated heterocycles. The zero-order chi connectivity index (χ0) is 19.2. The molecule has 0 radical (unpaired) electrons. The van der Waals surface area contributed by atoms with Gasteiger partial charge in [0, 0.05) is 50.3 Å². The molecular weight excluding hydrogens is 354 g/mol. The Balaban J connectivity index is 1.43. The number of hydrogen-bond acceptors (Lipinski definition) is 6. The summed E-state index contributed by atoms with van der Waals surface area (Å²) in [5.74, 6) is 0.628. The zero-order valence-corrected chi connectivity index (χ0v) is 15.3. The molecule has 1 aliphatic rings. The van der Waals surface area contributed by atoms with E-state index < -0.39 is 0 Å². The summed E-state index contributed by atoms with van der Waals surface area (Å²) in [6, 6.07) is 7.59. The monoisotopic (exact) mass is 375 g/mol. The van der Waals surface area contributed by atoms with Crippen molar-refractivity contribution in [2.45, 2.75) is 0 Å². The molecule has 0 bridgehead atoms. The van der Waals surface area contributed by atoms with Gasteiger partial charge in [0.15, 0.2) is 5.69 Å². The van der Waals surface area contributed by atoms with E-state index in [-0.39, 0.29) is 5.91 Å². The van der Waals surface area contributed by atoms with Gasteiger partial charge in [-0.1, -0.05) is 18.2 Å². The number of carbonyl (C=O) groups is 1. The highest BCUT2D eigenvalue weighted by Gasteiger charge is 2.15. The number of rotatable bonds is 5. The van der Waals surface area contributed by atoms with E-state index >= 15 is 0 Å². The SMILES string of the molecule is O=C(Nc1ccc(N2CCNCC2)nc1)c1n[nH]cc1C=Cc1cccnc1. The lowest BCUT2D eigenvalue weighted by Crippen LogP contribution is -2.43. The summed E-state index contributed by atoms with van der Waals surface area (Å²) >= 11 is 0. The zero-order valence-electron chi connectivity index (χ0n) is 15.3. The minimum atomic E-state index is -0.288. The first-order chi connectivity index (χ1) is 13.8. The lowest BCUT2D eigenvalue weighted by atomic mass is 10.2. The van der Waals surface area contributed by atoms with E-state index in [4.69, 9.17) is 0 Å². The van der Waals surface area contributed by atoms with Gasteiger partial charge in [0.1, 0.15) is 5.82 Å². The minimum Gasteiger partial charge on any atom is -0.354 e. The highest BCUT2D eigenvalue weighted by molar-refractivity contribution is 6.05. The molecule has 1 aliphatic heterocycles. The Labute approximate surface area is 162 Å². The van der Waals surface area contributed by atoms with Crippen LogP contribution in [0.25, 0.3) is 12.2 Å². The van der Waals surface area contributed by atoms with Gasteiger partial charge < -0.3 is 15.5 Å². The molecule has 142 valence electrons. The van der Waals surface area contributed by atoms with Crippen LogP contribution in [0.3, 0.4) is 0 Å². The molecular formula is C20H21N7O. The van der Waals surface area contributed by atoms with Crippen LogP contribution in [0.2, 0.25) is 0 Å². The van der Waals surface area contributed by atoms with Crippen LogP contribution in [0, 0.1) is 0 Å². The van der Waals surface area contributed by atoms with Crippen molar-refractivity contribution in [2.75, 3.05) is 36.4 Å². The maximum Gasteiger partial charge on any atom is 0.276 e. The van der Waals surface area contributed by atoms with Crippen LogP contribution in [0.15, 0.2) is 49.1 Å². The predicted octanol–water partition coefficient (Wildman–Crippen LogP) is 2.03. The van der Waals surface area contributed by atoms with Crippen molar-refractivity contribution >= 4 is 29.6 Å². The first-order valence-corrected chi connectivity index (χ1v) is 9.14. The lowest BCUT2D eigenvalue weighted by molar-refractivity contribution is 0.102. The summed E-state index contributed by atoms with van der Waals surface area (Å²) in [6.07, 6.45) is 10.6. The molecule has 8 nitrogen and oxygen atoms in total. The van der Waals surface area contributed by atoms with Crippen LogP contribution in [-0.2, 0) is 0 Å². The number of nitrogens with zero attached hydrogens (tertiary/aromatic N) is 4. The van der Waals surface area contributed by atoms with Crippen LogP contribution in [-0.4, -0.2) is 52.3 Å². The van der Waals surface area contributed by atoms with E-state index in [2.05, 4.69) is 35.7 Å². The van der Waals surface area contributed by atoms with E-state index in [0.717, 1.165) is 37.6 Å². The van der Waals surface area contributed by atoms with E-state index in [9.17, 15) is 4.79 Å². The Hall–Kier alpha value is -3.52. The number of carbonyl (C=O) groups excluding carboxylic acids is 1. The van der Waals surface area contributed by atoms with Crippen molar-refractivity contribution in [2.24, 2.45) is 0 Å². The average Bonchev–Trinajstić information content (AvgIpc) is 3.23. The van der Waals surface area contributed by atoms with Gasteiger partial charge >= 0.3 is 0 Å². The molecule has 3 aromatic rings. The molecule has 28 heavy (non-hydrogen) atoms. The number of H-pyrrole nitrogens is 1. The third-order valence-corrected chi connectivity index (χ3v) is 4.47. The summed E-state index contributed by atoms with van der Waals surface area (Å²) in [5.41, 5.74) is 2.61. The fraction of sp³-hybridized carbons (Fsp3) is 0.200. The van der Waals surface area contributed by atoms with Crippen molar-refractivity contribution in [3.8, 4) is 0 Å². The first kappa shape index (κ1) is 17.9. The number of amides is 1. The van der Waals surface area contributed by atoms with E-state index in [0.29, 0.717) is 16.9 Å². The highest BCUT2D eigenvalue weighted by Crippen LogP contribution is 2.17. The molecule has 3 aromatic heterocycles. The van der Waals surface area contributed by atoms with Crippen molar-refractivity contribution in [3.05, 3.63) is 65.9 Å². The minimum absolute atomic E-state index is 0.288. The number of pyridine rings is 2. The molecule has 0 aromatic carbocycles. The second-order valence-corrected chi connectivity index (χ2v) is 6.41. The van der Waals surface area contributed by atoms with Gasteiger partial charge in [0.25, 0.3) is 5.91 Å². The second-order valence-electron chi connectivity index (χ2n) is 6.41. The molecule has 0 aliphatic carbocycles. The molecule has 1 amide bonds. The van der Waals surface area contributed by atoms with Crippen LogP contribution < -0.4 is 15.5 Å². The Morgan fingerprint density at radius 2 is 2.04 bits per heavy atom. The van der Waals surface area contributed by atoms with Crippen molar-refractivity contribution in [1.29, 1.82) is 0 Å². The molecule has 8 heteroatoms. The van der Waals surface area contributed by atoms with E-state index in [1.165, 1.54) is 0 Å². The Kier molecular flexibility index (Phi) is 5.39. The number of anilines is 2. The van der Waals surface area contributed by atoms with Crippen molar-refractivity contribution < 1.29 is 4.79 Å².